The number of hydrogen-bond donors (Lipinski definition) is 1. The maximum Gasteiger partial charge on any atom is 0.110 e. The third-order valence-electron chi connectivity index (χ3n) is 4.35. The third kappa shape index (κ3) is 3.24. The standard InChI is InChI=1S/C20H25N3/c1-13(2)9-20-22-18-10-14(3)15(4)11-19(18)23(20)12-16-5-7-17(21)8-6-16/h5-8,10-11,13H,9,12,21H2,1-4H3. The summed E-state index contributed by atoms with van der Waals surface area (Å²) < 4.78 is 2.35. The molecule has 3 aromatic rings. The van der Waals surface area contributed by atoms with Crippen molar-refractivity contribution in [2.45, 2.75) is 40.7 Å². The van der Waals surface area contributed by atoms with Crippen LogP contribution in [0.5, 0.6) is 0 Å². The minimum Gasteiger partial charge on any atom is -0.399 e. The molecule has 3 rings (SSSR count). The predicted molar refractivity (Wildman–Crippen MR) is 97.7 cm³/mol. The Morgan fingerprint density at radius 2 is 1.70 bits per heavy atom. The molecule has 2 N–H and O–H groups in total. The first kappa shape index (κ1) is 15.6. The SMILES string of the molecule is Cc1cc2nc(CC(C)C)n(Cc3ccc(N)cc3)c2cc1C. The number of aryl methyl sites for hydroxylation is 2. The average Bonchev–Trinajstić information content (AvgIpc) is 2.78. The van der Waals surface area contributed by atoms with E-state index in [0.717, 1.165) is 30.0 Å². The lowest BCUT2D eigenvalue weighted by Crippen LogP contribution is -2.08. The Kier molecular flexibility index (Phi) is 4.12. The highest BCUT2D eigenvalue weighted by molar-refractivity contribution is 5.78. The van der Waals surface area contributed by atoms with Crippen LogP contribution in [0.25, 0.3) is 11.0 Å². The molecule has 1 heterocycles. The highest BCUT2D eigenvalue weighted by Gasteiger charge is 2.13. The molecule has 0 saturated heterocycles. The lowest BCUT2D eigenvalue weighted by Gasteiger charge is -2.12. The summed E-state index contributed by atoms with van der Waals surface area (Å²) in [6.45, 7) is 9.63. The van der Waals surface area contributed by atoms with Crippen molar-refractivity contribution in [1.82, 2.24) is 9.55 Å². The first-order chi connectivity index (χ1) is 10.9. The number of anilines is 1. The predicted octanol–water partition coefficient (Wildman–Crippen LogP) is 4.48. The van der Waals surface area contributed by atoms with Gasteiger partial charge in [0.25, 0.3) is 0 Å². The fourth-order valence-electron chi connectivity index (χ4n) is 2.93. The second-order valence-corrected chi connectivity index (χ2v) is 6.88. The van der Waals surface area contributed by atoms with E-state index >= 15 is 0 Å². The molecular weight excluding hydrogens is 282 g/mol. The van der Waals surface area contributed by atoms with Gasteiger partial charge in [0.15, 0.2) is 0 Å². The summed E-state index contributed by atoms with van der Waals surface area (Å²) in [5.74, 6) is 1.75. The van der Waals surface area contributed by atoms with Gasteiger partial charge in [-0.05, 0) is 60.7 Å². The molecule has 0 radical (unpaired) electrons. The molecule has 23 heavy (non-hydrogen) atoms. The zero-order valence-electron chi connectivity index (χ0n) is 14.4. The summed E-state index contributed by atoms with van der Waals surface area (Å²) in [7, 11) is 0. The van der Waals surface area contributed by atoms with Gasteiger partial charge in [0, 0.05) is 18.7 Å². The van der Waals surface area contributed by atoms with E-state index in [9.17, 15) is 0 Å². The largest absolute Gasteiger partial charge is 0.399 e. The van der Waals surface area contributed by atoms with Crippen LogP contribution in [-0.2, 0) is 13.0 Å². The first-order valence-corrected chi connectivity index (χ1v) is 8.25. The van der Waals surface area contributed by atoms with Crippen LogP contribution in [0.3, 0.4) is 0 Å². The molecule has 0 unspecified atom stereocenters. The average molecular weight is 307 g/mol. The number of rotatable bonds is 4. The number of nitrogen functional groups attached to an aromatic ring is 1. The molecule has 120 valence electrons. The molecule has 3 heteroatoms. The van der Waals surface area contributed by atoms with Crippen LogP contribution in [0.1, 0.15) is 36.4 Å². The summed E-state index contributed by atoms with van der Waals surface area (Å²) >= 11 is 0. The highest BCUT2D eigenvalue weighted by atomic mass is 15.1. The summed E-state index contributed by atoms with van der Waals surface area (Å²) in [6, 6.07) is 12.6. The zero-order chi connectivity index (χ0) is 16.6. The van der Waals surface area contributed by atoms with Gasteiger partial charge >= 0.3 is 0 Å². The molecule has 0 spiro atoms. The van der Waals surface area contributed by atoms with E-state index in [1.54, 1.807) is 0 Å². The van der Waals surface area contributed by atoms with Crippen molar-refractivity contribution in [3.05, 3.63) is 58.9 Å². The monoisotopic (exact) mass is 307 g/mol. The molecule has 0 amide bonds. The van der Waals surface area contributed by atoms with Gasteiger partial charge < -0.3 is 10.3 Å². The summed E-state index contributed by atoms with van der Waals surface area (Å²) in [5.41, 5.74) is 12.8. The molecule has 0 saturated carbocycles. The van der Waals surface area contributed by atoms with Gasteiger partial charge in [-0.25, -0.2) is 4.98 Å². The number of aromatic nitrogens is 2. The van der Waals surface area contributed by atoms with Crippen molar-refractivity contribution in [3.8, 4) is 0 Å². The second-order valence-electron chi connectivity index (χ2n) is 6.88. The van der Waals surface area contributed by atoms with Crippen molar-refractivity contribution >= 4 is 16.7 Å². The molecule has 0 aliphatic rings. The molecule has 0 aliphatic heterocycles. The summed E-state index contributed by atoms with van der Waals surface area (Å²) in [4.78, 5) is 4.91. The van der Waals surface area contributed by atoms with Gasteiger partial charge in [-0.2, -0.15) is 0 Å². The van der Waals surface area contributed by atoms with E-state index < -0.39 is 0 Å². The Hall–Kier alpha value is -2.29. The van der Waals surface area contributed by atoms with Crippen molar-refractivity contribution in [2.24, 2.45) is 5.92 Å². The fraction of sp³-hybridized carbons (Fsp3) is 0.350. The van der Waals surface area contributed by atoms with Crippen LogP contribution in [0.2, 0.25) is 0 Å². The van der Waals surface area contributed by atoms with E-state index in [1.807, 2.05) is 12.1 Å². The molecule has 1 aromatic heterocycles. The van der Waals surface area contributed by atoms with Crippen LogP contribution in [-0.4, -0.2) is 9.55 Å². The molecule has 0 bridgehead atoms. The number of nitrogens with zero attached hydrogens (tertiary/aromatic N) is 2. The van der Waals surface area contributed by atoms with Gasteiger partial charge in [0.05, 0.1) is 11.0 Å². The first-order valence-electron chi connectivity index (χ1n) is 8.25. The van der Waals surface area contributed by atoms with Gasteiger partial charge in [0.1, 0.15) is 5.82 Å². The van der Waals surface area contributed by atoms with Gasteiger partial charge in [-0.15, -0.1) is 0 Å². The Labute approximate surface area is 138 Å². The minimum atomic E-state index is 0.583. The number of imidazole rings is 1. The van der Waals surface area contributed by atoms with E-state index in [2.05, 4.69) is 56.5 Å². The van der Waals surface area contributed by atoms with Crippen LogP contribution < -0.4 is 5.73 Å². The van der Waals surface area contributed by atoms with Crippen LogP contribution in [0, 0.1) is 19.8 Å². The lowest BCUT2D eigenvalue weighted by atomic mass is 10.1. The third-order valence-corrected chi connectivity index (χ3v) is 4.35. The van der Waals surface area contributed by atoms with Crippen LogP contribution >= 0.6 is 0 Å². The molecule has 2 aromatic carbocycles. The minimum absolute atomic E-state index is 0.583. The molecular formula is C20H25N3. The summed E-state index contributed by atoms with van der Waals surface area (Å²) in [5, 5.41) is 0. The van der Waals surface area contributed by atoms with Crippen molar-refractivity contribution in [1.29, 1.82) is 0 Å². The second kappa shape index (κ2) is 6.07. The van der Waals surface area contributed by atoms with E-state index in [0.29, 0.717) is 5.92 Å². The normalized spacial score (nSPS) is 11.5. The maximum atomic E-state index is 5.80. The van der Waals surface area contributed by atoms with Gasteiger partial charge in [-0.3, -0.25) is 0 Å². The quantitative estimate of drug-likeness (QED) is 0.722. The maximum absolute atomic E-state index is 5.80. The molecule has 0 aliphatic carbocycles. The topological polar surface area (TPSA) is 43.8 Å². The van der Waals surface area contributed by atoms with E-state index in [4.69, 9.17) is 10.7 Å². The summed E-state index contributed by atoms with van der Waals surface area (Å²) in [6.07, 6.45) is 0.988. The molecule has 3 nitrogen and oxygen atoms in total. The fourth-order valence-corrected chi connectivity index (χ4v) is 2.93. The van der Waals surface area contributed by atoms with Crippen molar-refractivity contribution in [3.63, 3.8) is 0 Å². The van der Waals surface area contributed by atoms with Gasteiger partial charge in [0.2, 0.25) is 0 Å². The van der Waals surface area contributed by atoms with Crippen molar-refractivity contribution in [2.75, 3.05) is 5.73 Å². The van der Waals surface area contributed by atoms with Crippen LogP contribution in [0.15, 0.2) is 36.4 Å². The highest BCUT2D eigenvalue weighted by Crippen LogP contribution is 2.23. The molecule has 0 atom stereocenters. The van der Waals surface area contributed by atoms with E-state index in [1.165, 1.54) is 22.2 Å². The molecule has 0 fully saturated rings. The lowest BCUT2D eigenvalue weighted by molar-refractivity contribution is 0.595. The Bertz CT molecular complexity index is 826. The number of benzene rings is 2. The zero-order valence-corrected chi connectivity index (χ0v) is 14.4. The number of nitrogens with two attached hydrogens (primary N) is 1. The van der Waals surface area contributed by atoms with Crippen LogP contribution in [0.4, 0.5) is 5.69 Å². The number of fused-ring (bicyclic) bond motifs is 1. The smallest absolute Gasteiger partial charge is 0.110 e. The Balaban J connectivity index is 2.10. The van der Waals surface area contributed by atoms with Crippen molar-refractivity contribution < 1.29 is 0 Å². The number of hydrogen-bond acceptors (Lipinski definition) is 2. The Morgan fingerprint density at radius 3 is 2.35 bits per heavy atom. The Morgan fingerprint density at radius 1 is 1.04 bits per heavy atom. The van der Waals surface area contributed by atoms with E-state index in [-0.39, 0.29) is 0 Å². The van der Waals surface area contributed by atoms with Gasteiger partial charge in [-0.1, -0.05) is 26.0 Å².